The first-order valence-corrected chi connectivity index (χ1v) is 16.0. The highest BCUT2D eigenvalue weighted by Crippen LogP contribution is 2.38. The van der Waals surface area contributed by atoms with Crippen LogP contribution >= 0.6 is 22.6 Å². The minimum Gasteiger partial charge on any atom is -0.493 e. The lowest BCUT2D eigenvalue weighted by Crippen LogP contribution is -2.58. The number of rotatable bonds is 11. The highest BCUT2D eigenvalue weighted by molar-refractivity contribution is 14.1. The van der Waals surface area contributed by atoms with E-state index in [9.17, 15) is 24.6 Å². The van der Waals surface area contributed by atoms with Gasteiger partial charge in [-0.25, -0.2) is 0 Å². The smallest absolute Gasteiger partial charge is 0.247 e. The second-order valence-electron chi connectivity index (χ2n) is 11.5. The van der Waals surface area contributed by atoms with Crippen molar-refractivity contribution in [3.63, 3.8) is 0 Å². The molecule has 2 fully saturated rings. The quantitative estimate of drug-likeness (QED) is 0.182. The SMILES string of the molecule is COc1cc(C=O)cc(I)c1O[C@H]1C=C(C(=O)NCCO)C[C@@H](N(C(=O)CC2CCCC2)C2CCCCCC2)[C@@H]1O. The van der Waals surface area contributed by atoms with Gasteiger partial charge in [-0.3, -0.25) is 14.4 Å². The van der Waals surface area contributed by atoms with Gasteiger partial charge in [0.25, 0.3) is 0 Å². The van der Waals surface area contributed by atoms with Crippen molar-refractivity contribution in [1.82, 2.24) is 10.2 Å². The van der Waals surface area contributed by atoms with Gasteiger partial charge in [0.2, 0.25) is 11.8 Å². The zero-order valence-electron chi connectivity index (χ0n) is 23.9. The zero-order valence-corrected chi connectivity index (χ0v) is 26.0. The molecule has 1 aromatic rings. The fraction of sp³-hybridized carbons (Fsp3) is 0.645. The molecule has 0 saturated heterocycles. The molecule has 41 heavy (non-hydrogen) atoms. The summed E-state index contributed by atoms with van der Waals surface area (Å²) in [7, 11) is 1.48. The van der Waals surface area contributed by atoms with E-state index in [1.807, 2.05) is 4.90 Å². The molecule has 3 aliphatic carbocycles. The average Bonchev–Trinajstić information content (AvgIpc) is 3.34. The highest BCUT2D eigenvalue weighted by atomic mass is 127. The predicted octanol–water partition coefficient (Wildman–Crippen LogP) is 4.16. The number of carbonyl (C=O) groups is 3. The normalized spacial score (nSPS) is 23.8. The molecule has 9 nitrogen and oxygen atoms in total. The summed E-state index contributed by atoms with van der Waals surface area (Å²) >= 11 is 2.06. The molecule has 0 unspecified atom stereocenters. The fourth-order valence-corrected chi connectivity index (χ4v) is 7.32. The number of aliphatic hydroxyl groups excluding tert-OH is 2. The van der Waals surface area contributed by atoms with E-state index in [0.717, 1.165) is 70.5 Å². The zero-order chi connectivity index (χ0) is 29.4. The molecule has 0 bridgehead atoms. The molecule has 3 atom stereocenters. The van der Waals surface area contributed by atoms with E-state index in [1.54, 1.807) is 18.2 Å². The van der Waals surface area contributed by atoms with E-state index >= 15 is 0 Å². The Kier molecular flexibility index (Phi) is 11.9. The maximum absolute atomic E-state index is 14.1. The molecule has 10 heteroatoms. The molecule has 3 aliphatic rings. The van der Waals surface area contributed by atoms with Crippen LogP contribution in [0.2, 0.25) is 0 Å². The molecule has 3 N–H and O–H groups in total. The van der Waals surface area contributed by atoms with Gasteiger partial charge in [-0.2, -0.15) is 0 Å². The van der Waals surface area contributed by atoms with Crippen LogP contribution < -0.4 is 14.8 Å². The number of aldehydes is 1. The van der Waals surface area contributed by atoms with E-state index < -0.39 is 18.2 Å². The van der Waals surface area contributed by atoms with Crippen molar-refractivity contribution in [2.24, 2.45) is 5.92 Å². The Balaban J connectivity index is 1.70. The molecule has 1 aromatic carbocycles. The maximum atomic E-state index is 14.1. The molecule has 4 rings (SSSR count). The third kappa shape index (κ3) is 8.01. The van der Waals surface area contributed by atoms with Gasteiger partial charge in [0.05, 0.1) is 23.3 Å². The lowest BCUT2D eigenvalue weighted by atomic mass is 9.86. The summed E-state index contributed by atoms with van der Waals surface area (Å²) in [5.41, 5.74) is 0.835. The molecule has 0 heterocycles. The van der Waals surface area contributed by atoms with Crippen LogP contribution in [0.5, 0.6) is 11.5 Å². The average molecular weight is 683 g/mol. The Labute approximate surface area is 256 Å². The lowest BCUT2D eigenvalue weighted by Gasteiger charge is -2.44. The molecule has 2 amide bonds. The Hall–Kier alpha value is -2.18. The summed E-state index contributed by atoms with van der Waals surface area (Å²) in [5.74, 6) is 0.741. The largest absolute Gasteiger partial charge is 0.493 e. The molecular formula is C31H43IN2O7. The van der Waals surface area contributed by atoms with Gasteiger partial charge < -0.3 is 29.9 Å². The fourth-order valence-electron chi connectivity index (χ4n) is 6.57. The topological polar surface area (TPSA) is 125 Å². The minimum absolute atomic E-state index is 0.00639. The predicted molar refractivity (Wildman–Crippen MR) is 163 cm³/mol. The Morgan fingerprint density at radius 1 is 1.10 bits per heavy atom. The monoisotopic (exact) mass is 682 g/mol. The lowest BCUT2D eigenvalue weighted by molar-refractivity contribution is -0.143. The molecule has 0 spiro atoms. The van der Waals surface area contributed by atoms with Crippen LogP contribution in [0.15, 0.2) is 23.8 Å². The molecule has 0 aromatic heterocycles. The number of amides is 2. The highest BCUT2D eigenvalue weighted by Gasteiger charge is 2.43. The van der Waals surface area contributed by atoms with Crippen LogP contribution in [-0.2, 0) is 9.59 Å². The van der Waals surface area contributed by atoms with Gasteiger partial charge >= 0.3 is 0 Å². The van der Waals surface area contributed by atoms with Crippen molar-refractivity contribution in [1.29, 1.82) is 0 Å². The van der Waals surface area contributed by atoms with Crippen molar-refractivity contribution >= 4 is 40.7 Å². The van der Waals surface area contributed by atoms with Crippen molar-refractivity contribution in [2.45, 2.75) is 101 Å². The van der Waals surface area contributed by atoms with E-state index in [2.05, 4.69) is 27.9 Å². The van der Waals surface area contributed by atoms with Crippen molar-refractivity contribution in [3.05, 3.63) is 32.9 Å². The number of carbonyl (C=O) groups excluding carboxylic acids is 3. The number of methoxy groups -OCH3 is 1. The summed E-state index contributed by atoms with van der Waals surface area (Å²) < 4.78 is 12.5. The van der Waals surface area contributed by atoms with Crippen molar-refractivity contribution in [2.75, 3.05) is 20.3 Å². The van der Waals surface area contributed by atoms with Crippen LogP contribution in [0.1, 0.15) is 87.4 Å². The number of aliphatic hydroxyl groups is 2. The van der Waals surface area contributed by atoms with Gasteiger partial charge in [-0.05, 0) is 72.4 Å². The van der Waals surface area contributed by atoms with Crippen LogP contribution in [0.3, 0.4) is 0 Å². The third-order valence-corrected chi connectivity index (χ3v) is 9.46. The Morgan fingerprint density at radius 2 is 1.78 bits per heavy atom. The van der Waals surface area contributed by atoms with Gasteiger partial charge in [0.1, 0.15) is 18.5 Å². The van der Waals surface area contributed by atoms with Crippen LogP contribution in [-0.4, -0.2) is 77.8 Å². The first kappa shape index (κ1) is 31.7. The summed E-state index contributed by atoms with van der Waals surface area (Å²) in [6, 6.07) is 2.58. The molecule has 0 aliphatic heterocycles. The van der Waals surface area contributed by atoms with E-state index in [0.29, 0.717) is 38.5 Å². The minimum atomic E-state index is -1.09. The summed E-state index contributed by atoms with van der Waals surface area (Å²) in [6.07, 6.45) is 11.4. The van der Waals surface area contributed by atoms with Gasteiger partial charge in [0.15, 0.2) is 11.5 Å². The molecular weight excluding hydrogens is 639 g/mol. The number of nitrogens with one attached hydrogen (secondary N) is 1. The van der Waals surface area contributed by atoms with E-state index in [4.69, 9.17) is 9.47 Å². The van der Waals surface area contributed by atoms with Gasteiger partial charge in [0, 0.05) is 36.6 Å². The number of hydrogen-bond acceptors (Lipinski definition) is 7. The first-order valence-electron chi connectivity index (χ1n) is 14.9. The molecule has 0 radical (unpaired) electrons. The second-order valence-corrected chi connectivity index (χ2v) is 12.6. The van der Waals surface area contributed by atoms with Crippen LogP contribution in [0, 0.1) is 9.49 Å². The van der Waals surface area contributed by atoms with Crippen LogP contribution in [0.4, 0.5) is 0 Å². The van der Waals surface area contributed by atoms with Crippen molar-refractivity contribution in [3.8, 4) is 11.5 Å². The number of ether oxygens (including phenoxy) is 2. The standard InChI is InChI=1S/C31H43IN2O7/c1-40-27-15-21(19-36)14-24(32)30(27)41-26-18-22(31(39)33-12-13-35)17-25(29(26)38)34(23-10-4-2-3-5-11-23)28(37)16-20-8-6-7-9-20/h14-15,18-20,23,25-26,29,35,38H,2-13,16-17H2,1H3,(H,33,39)/t25-,26+,29+/m1/s1. The third-order valence-electron chi connectivity index (χ3n) is 8.66. The Morgan fingerprint density at radius 3 is 2.41 bits per heavy atom. The second kappa shape index (κ2) is 15.3. The van der Waals surface area contributed by atoms with E-state index in [1.165, 1.54) is 7.11 Å². The van der Waals surface area contributed by atoms with Gasteiger partial charge in [-0.15, -0.1) is 0 Å². The number of nitrogens with zero attached hydrogens (tertiary/aromatic N) is 1. The first-order chi connectivity index (χ1) is 19.9. The summed E-state index contributed by atoms with van der Waals surface area (Å²) in [6.45, 7) is -0.0989. The molecule has 2 saturated carbocycles. The van der Waals surface area contributed by atoms with Gasteiger partial charge in [-0.1, -0.05) is 38.5 Å². The number of benzene rings is 1. The Bertz CT molecular complexity index is 1100. The number of halogens is 1. The van der Waals surface area contributed by atoms with Crippen molar-refractivity contribution < 1.29 is 34.1 Å². The number of hydrogen-bond donors (Lipinski definition) is 3. The van der Waals surface area contributed by atoms with Crippen LogP contribution in [0.25, 0.3) is 0 Å². The molecule has 226 valence electrons. The maximum Gasteiger partial charge on any atom is 0.247 e. The summed E-state index contributed by atoms with van der Waals surface area (Å²) in [4.78, 5) is 40.6. The summed E-state index contributed by atoms with van der Waals surface area (Å²) in [5, 5.41) is 23.9. The van der Waals surface area contributed by atoms with E-state index in [-0.39, 0.29) is 37.4 Å².